The summed E-state index contributed by atoms with van der Waals surface area (Å²) in [6, 6.07) is 14.5. The average Bonchev–Trinajstić information content (AvgIpc) is 3.02. The number of ether oxygens (including phenoxy) is 2. The summed E-state index contributed by atoms with van der Waals surface area (Å²) in [5.41, 5.74) is 3.58. The standard InChI is InChI=1S/C23H26N2O6.ClH/c1-23(2,3)31-21(28)24-12-19(20(26)27)25-22(29)30-13-18-16-10-6-4-8-14(16)15-9-5-7-11-17(15)18;/h4-11,18-19H,12-13H2,1-3H3,(H,24,28)(H,25,29)(H,26,27);1H/t19-;/m1./s1. The first kappa shape index (κ1) is 25.0. The van der Waals surface area contributed by atoms with Gasteiger partial charge >= 0.3 is 18.2 Å². The van der Waals surface area contributed by atoms with Gasteiger partial charge in [0.2, 0.25) is 0 Å². The van der Waals surface area contributed by atoms with E-state index in [0.717, 1.165) is 22.3 Å². The topological polar surface area (TPSA) is 114 Å². The molecule has 2 amide bonds. The van der Waals surface area contributed by atoms with Crippen LogP contribution in [0.15, 0.2) is 48.5 Å². The van der Waals surface area contributed by atoms with Crippen molar-refractivity contribution >= 4 is 30.6 Å². The zero-order chi connectivity index (χ0) is 22.6. The zero-order valence-corrected chi connectivity index (χ0v) is 18.9. The molecule has 0 heterocycles. The van der Waals surface area contributed by atoms with Crippen molar-refractivity contribution in [3.63, 3.8) is 0 Å². The lowest BCUT2D eigenvalue weighted by molar-refractivity contribution is -0.139. The summed E-state index contributed by atoms with van der Waals surface area (Å²) in [6.07, 6.45) is -1.65. The van der Waals surface area contributed by atoms with Gasteiger partial charge in [-0.25, -0.2) is 14.4 Å². The molecule has 0 fully saturated rings. The Morgan fingerprint density at radius 2 is 1.50 bits per heavy atom. The number of carbonyl (C=O) groups is 3. The van der Waals surface area contributed by atoms with E-state index in [1.807, 2.05) is 48.5 Å². The normalized spacial score (nSPS) is 13.1. The Morgan fingerprint density at radius 1 is 0.969 bits per heavy atom. The largest absolute Gasteiger partial charge is 0.480 e. The molecule has 3 rings (SSSR count). The molecule has 8 nitrogen and oxygen atoms in total. The van der Waals surface area contributed by atoms with Gasteiger partial charge in [-0.15, -0.1) is 12.4 Å². The second-order valence-corrected chi connectivity index (χ2v) is 8.24. The summed E-state index contributed by atoms with van der Waals surface area (Å²) < 4.78 is 10.4. The van der Waals surface area contributed by atoms with Crippen molar-refractivity contribution in [3.8, 4) is 11.1 Å². The van der Waals surface area contributed by atoms with E-state index in [4.69, 9.17) is 9.47 Å². The van der Waals surface area contributed by atoms with Gasteiger partial charge in [-0.3, -0.25) is 0 Å². The fourth-order valence-corrected chi connectivity index (χ4v) is 3.48. The molecule has 3 N–H and O–H groups in total. The summed E-state index contributed by atoms with van der Waals surface area (Å²) >= 11 is 0. The third-order valence-corrected chi connectivity index (χ3v) is 4.78. The lowest BCUT2D eigenvalue weighted by Gasteiger charge is -2.21. The second kappa shape index (κ2) is 10.4. The molecule has 0 bridgehead atoms. The first-order valence-electron chi connectivity index (χ1n) is 9.97. The predicted octanol–water partition coefficient (Wildman–Crippen LogP) is 3.92. The van der Waals surface area contributed by atoms with Crippen molar-refractivity contribution < 1.29 is 29.0 Å². The highest BCUT2D eigenvalue weighted by atomic mass is 35.5. The van der Waals surface area contributed by atoms with E-state index < -0.39 is 29.8 Å². The van der Waals surface area contributed by atoms with Gasteiger partial charge in [-0.05, 0) is 43.0 Å². The fourth-order valence-electron chi connectivity index (χ4n) is 3.48. The predicted molar refractivity (Wildman–Crippen MR) is 121 cm³/mol. The lowest BCUT2D eigenvalue weighted by atomic mass is 9.98. The van der Waals surface area contributed by atoms with Crippen LogP contribution in [-0.2, 0) is 14.3 Å². The van der Waals surface area contributed by atoms with Crippen LogP contribution in [0.1, 0.15) is 37.8 Å². The van der Waals surface area contributed by atoms with Crippen molar-refractivity contribution in [3.05, 3.63) is 59.7 Å². The molecule has 1 atom stereocenters. The van der Waals surface area contributed by atoms with E-state index in [1.54, 1.807) is 20.8 Å². The first-order chi connectivity index (χ1) is 14.7. The first-order valence-corrected chi connectivity index (χ1v) is 9.97. The highest BCUT2D eigenvalue weighted by Crippen LogP contribution is 2.44. The number of nitrogens with one attached hydrogen (secondary N) is 2. The van der Waals surface area contributed by atoms with Gasteiger partial charge in [0.1, 0.15) is 18.2 Å². The molecule has 0 aliphatic heterocycles. The Hall–Kier alpha value is -3.26. The van der Waals surface area contributed by atoms with Gasteiger partial charge in [0.15, 0.2) is 0 Å². The Labute approximate surface area is 192 Å². The molecule has 0 radical (unpaired) electrons. The van der Waals surface area contributed by atoms with Crippen LogP contribution in [-0.4, -0.2) is 48.1 Å². The molecule has 0 saturated carbocycles. The van der Waals surface area contributed by atoms with Gasteiger partial charge < -0.3 is 25.2 Å². The number of alkyl carbamates (subject to hydrolysis) is 2. The van der Waals surface area contributed by atoms with Gasteiger partial charge in [0.25, 0.3) is 0 Å². The molecule has 0 unspecified atom stereocenters. The van der Waals surface area contributed by atoms with E-state index in [-0.39, 0.29) is 31.5 Å². The monoisotopic (exact) mass is 462 g/mol. The van der Waals surface area contributed by atoms with E-state index in [2.05, 4.69) is 10.6 Å². The van der Waals surface area contributed by atoms with Crippen LogP contribution in [0.25, 0.3) is 11.1 Å². The van der Waals surface area contributed by atoms with Crippen LogP contribution in [0.4, 0.5) is 9.59 Å². The fraction of sp³-hybridized carbons (Fsp3) is 0.348. The molecule has 0 spiro atoms. The molecule has 2 aromatic rings. The third kappa shape index (κ3) is 6.13. The highest BCUT2D eigenvalue weighted by Gasteiger charge is 2.30. The van der Waals surface area contributed by atoms with E-state index in [1.165, 1.54) is 0 Å². The summed E-state index contributed by atoms with van der Waals surface area (Å²) in [5.74, 6) is -1.44. The molecule has 9 heteroatoms. The summed E-state index contributed by atoms with van der Waals surface area (Å²) in [5, 5.41) is 14.0. The van der Waals surface area contributed by atoms with Crippen molar-refractivity contribution in [2.75, 3.05) is 13.2 Å². The Kier molecular flexibility index (Phi) is 8.10. The maximum absolute atomic E-state index is 12.3. The minimum Gasteiger partial charge on any atom is -0.480 e. The number of carbonyl (C=O) groups excluding carboxylic acids is 2. The summed E-state index contributed by atoms with van der Waals surface area (Å²) in [6.45, 7) is 4.79. The maximum Gasteiger partial charge on any atom is 0.407 e. The van der Waals surface area contributed by atoms with E-state index in [9.17, 15) is 19.5 Å². The van der Waals surface area contributed by atoms with Crippen LogP contribution in [0.2, 0.25) is 0 Å². The Morgan fingerprint density at radius 3 is 2.00 bits per heavy atom. The average molecular weight is 463 g/mol. The Bertz CT molecular complexity index is 943. The van der Waals surface area contributed by atoms with Crippen molar-refractivity contribution in [2.45, 2.75) is 38.3 Å². The number of hydrogen-bond acceptors (Lipinski definition) is 5. The van der Waals surface area contributed by atoms with Gasteiger partial charge in [0, 0.05) is 5.92 Å². The molecule has 1 aliphatic carbocycles. The smallest absolute Gasteiger partial charge is 0.407 e. The van der Waals surface area contributed by atoms with Crippen LogP contribution in [0, 0.1) is 0 Å². The second-order valence-electron chi connectivity index (χ2n) is 8.24. The molecular weight excluding hydrogens is 436 g/mol. The number of carboxylic acid groups (broad SMARTS) is 1. The number of halogens is 1. The molecular formula is C23H27ClN2O6. The number of fused-ring (bicyclic) bond motifs is 3. The van der Waals surface area contributed by atoms with Gasteiger partial charge in [-0.1, -0.05) is 48.5 Å². The number of amides is 2. The summed E-state index contributed by atoms with van der Waals surface area (Å²) in [7, 11) is 0. The molecule has 0 aromatic heterocycles. The summed E-state index contributed by atoms with van der Waals surface area (Å²) in [4.78, 5) is 35.5. The maximum atomic E-state index is 12.3. The number of benzene rings is 2. The minimum absolute atomic E-state index is 0. The minimum atomic E-state index is -1.36. The number of carboxylic acids is 1. The van der Waals surface area contributed by atoms with Gasteiger partial charge in [-0.2, -0.15) is 0 Å². The van der Waals surface area contributed by atoms with Crippen molar-refractivity contribution in [1.29, 1.82) is 0 Å². The number of rotatable bonds is 6. The highest BCUT2D eigenvalue weighted by molar-refractivity contribution is 5.85. The van der Waals surface area contributed by atoms with Crippen LogP contribution >= 0.6 is 12.4 Å². The van der Waals surface area contributed by atoms with Gasteiger partial charge in [0.05, 0.1) is 6.54 Å². The van der Waals surface area contributed by atoms with E-state index >= 15 is 0 Å². The molecule has 172 valence electrons. The number of hydrogen-bond donors (Lipinski definition) is 3. The zero-order valence-electron chi connectivity index (χ0n) is 18.1. The third-order valence-electron chi connectivity index (χ3n) is 4.78. The lowest BCUT2D eigenvalue weighted by Crippen LogP contribution is -2.49. The quantitative estimate of drug-likeness (QED) is 0.599. The Balaban J connectivity index is 0.00000363. The van der Waals surface area contributed by atoms with Crippen molar-refractivity contribution in [2.24, 2.45) is 0 Å². The molecule has 32 heavy (non-hydrogen) atoms. The molecule has 1 aliphatic rings. The SMILES string of the molecule is CC(C)(C)OC(=O)NC[C@@H](NC(=O)OCC1c2ccccc2-c2ccccc21)C(=O)O.Cl. The molecule has 0 saturated heterocycles. The van der Waals surface area contributed by atoms with Crippen molar-refractivity contribution in [1.82, 2.24) is 10.6 Å². The number of aliphatic carboxylic acids is 1. The molecule has 2 aromatic carbocycles. The van der Waals surface area contributed by atoms with Crippen LogP contribution < -0.4 is 10.6 Å². The van der Waals surface area contributed by atoms with E-state index in [0.29, 0.717) is 0 Å². The van der Waals surface area contributed by atoms with Crippen LogP contribution in [0.5, 0.6) is 0 Å². The van der Waals surface area contributed by atoms with Crippen LogP contribution in [0.3, 0.4) is 0 Å².